The molecule has 0 heterocycles. The first kappa shape index (κ1) is 24.0. The molecule has 1 rings (SSSR count). The lowest BCUT2D eigenvalue weighted by molar-refractivity contribution is -0.155. The van der Waals surface area contributed by atoms with Crippen LogP contribution in [0.25, 0.3) is 0 Å². The largest absolute Gasteiger partial charge is 0.465 e. The lowest BCUT2D eigenvalue weighted by atomic mass is 9.81. The van der Waals surface area contributed by atoms with Crippen molar-refractivity contribution in [1.29, 1.82) is 0 Å². The van der Waals surface area contributed by atoms with E-state index in [4.69, 9.17) is 9.47 Å². The Morgan fingerprint density at radius 2 is 1.33 bits per heavy atom. The van der Waals surface area contributed by atoms with Gasteiger partial charge in [-0.05, 0) is 38.0 Å². The average molecular weight is 383 g/mol. The summed E-state index contributed by atoms with van der Waals surface area (Å²) in [6.45, 7) is 7.65. The maximum atomic E-state index is 12.3. The molecule has 158 valence electrons. The van der Waals surface area contributed by atoms with E-state index in [9.17, 15) is 9.59 Å². The fourth-order valence-corrected chi connectivity index (χ4v) is 3.71. The SMILES string of the molecule is CCCCOC(=O)C1CCCC(C(=O)OCCCCCCCCC(C)C)C1. The number of rotatable bonds is 14. The Morgan fingerprint density at radius 3 is 1.89 bits per heavy atom. The van der Waals surface area contributed by atoms with Gasteiger partial charge >= 0.3 is 11.9 Å². The highest BCUT2D eigenvalue weighted by atomic mass is 16.5. The van der Waals surface area contributed by atoms with Gasteiger partial charge in [-0.3, -0.25) is 9.59 Å². The van der Waals surface area contributed by atoms with Crippen LogP contribution in [0, 0.1) is 17.8 Å². The van der Waals surface area contributed by atoms with Crippen molar-refractivity contribution in [2.45, 2.75) is 104 Å². The summed E-state index contributed by atoms with van der Waals surface area (Å²) >= 11 is 0. The first-order valence-electron chi connectivity index (χ1n) is 11.4. The molecule has 0 radical (unpaired) electrons. The molecule has 1 saturated carbocycles. The molecule has 2 unspecified atom stereocenters. The van der Waals surface area contributed by atoms with Crippen molar-refractivity contribution in [3.05, 3.63) is 0 Å². The smallest absolute Gasteiger partial charge is 0.308 e. The highest BCUT2D eigenvalue weighted by molar-refractivity contribution is 5.76. The summed E-state index contributed by atoms with van der Waals surface area (Å²) in [6, 6.07) is 0. The molecule has 27 heavy (non-hydrogen) atoms. The van der Waals surface area contributed by atoms with Crippen LogP contribution in [-0.4, -0.2) is 25.2 Å². The topological polar surface area (TPSA) is 52.6 Å². The Bertz CT molecular complexity index is 405. The Balaban J connectivity index is 2.09. The van der Waals surface area contributed by atoms with E-state index >= 15 is 0 Å². The first-order valence-corrected chi connectivity index (χ1v) is 11.4. The van der Waals surface area contributed by atoms with E-state index in [0.717, 1.165) is 50.9 Å². The highest BCUT2D eigenvalue weighted by Crippen LogP contribution is 2.31. The van der Waals surface area contributed by atoms with Gasteiger partial charge in [0.2, 0.25) is 0 Å². The monoisotopic (exact) mass is 382 g/mol. The van der Waals surface area contributed by atoms with Crippen molar-refractivity contribution >= 4 is 11.9 Å². The Morgan fingerprint density at radius 1 is 0.815 bits per heavy atom. The molecule has 0 saturated heterocycles. The van der Waals surface area contributed by atoms with Gasteiger partial charge in [-0.15, -0.1) is 0 Å². The Kier molecular flexibility index (Phi) is 13.3. The van der Waals surface area contributed by atoms with E-state index in [0.29, 0.717) is 19.6 Å². The van der Waals surface area contributed by atoms with Gasteiger partial charge in [-0.1, -0.05) is 72.1 Å². The molecule has 0 amide bonds. The zero-order valence-electron chi connectivity index (χ0n) is 18.0. The molecule has 1 aliphatic rings. The van der Waals surface area contributed by atoms with Crippen molar-refractivity contribution in [3.8, 4) is 0 Å². The summed E-state index contributed by atoms with van der Waals surface area (Å²) in [5.74, 6) is 0.316. The second kappa shape index (κ2) is 14.9. The van der Waals surface area contributed by atoms with Crippen LogP contribution in [0.1, 0.15) is 104 Å². The molecule has 1 fully saturated rings. The van der Waals surface area contributed by atoms with Crippen LogP contribution in [-0.2, 0) is 19.1 Å². The average Bonchev–Trinajstić information content (AvgIpc) is 2.66. The summed E-state index contributed by atoms with van der Waals surface area (Å²) in [6.07, 6.45) is 13.7. The fraction of sp³-hybridized carbons (Fsp3) is 0.913. The van der Waals surface area contributed by atoms with Gasteiger partial charge < -0.3 is 9.47 Å². The van der Waals surface area contributed by atoms with Crippen molar-refractivity contribution in [2.75, 3.05) is 13.2 Å². The third kappa shape index (κ3) is 11.4. The third-order valence-corrected chi connectivity index (χ3v) is 5.50. The molecule has 0 N–H and O–H groups in total. The zero-order chi connectivity index (χ0) is 19.9. The summed E-state index contributed by atoms with van der Waals surface area (Å²) in [5, 5.41) is 0. The van der Waals surface area contributed by atoms with Crippen LogP contribution in [0.5, 0.6) is 0 Å². The molecule has 1 aliphatic carbocycles. The molecule has 0 spiro atoms. The van der Waals surface area contributed by atoms with E-state index in [1.807, 2.05) is 0 Å². The Hall–Kier alpha value is -1.06. The normalized spacial score (nSPS) is 19.9. The number of carbonyl (C=O) groups excluding carboxylic acids is 2. The lowest BCUT2D eigenvalue weighted by Gasteiger charge is -2.26. The van der Waals surface area contributed by atoms with Crippen molar-refractivity contribution in [3.63, 3.8) is 0 Å². The fourth-order valence-electron chi connectivity index (χ4n) is 3.71. The number of hydrogen-bond donors (Lipinski definition) is 0. The molecular weight excluding hydrogens is 340 g/mol. The van der Waals surface area contributed by atoms with Gasteiger partial charge in [0.15, 0.2) is 0 Å². The maximum absolute atomic E-state index is 12.3. The van der Waals surface area contributed by atoms with Crippen molar-refractivity contribution in [2.24, 2.45) is 17.8 Å². The lowest BCUT2D eigenvalue weighted by Crippen LogP contribution is -2.30. The van der Waals surface area contributed by atoms with Gasteiger partial charge in [0.1, 0.15) is 0 Å². The molecule has 0 bridgehead atoms. The predicted octanol–water partition coefficient (Wildman–Crippen LogP) is 6.07. The maximum Gasteiger partial charge on any atom is 0.308 e. The summed E-state index contributed by atoms with van der Waals surface area (Å²) in [7, 11) is 0. The zero-order valence-corrected chi connectivity index (χ0v) is 18.0. The quantitative estimate of drug-likeness (QED) is 0.270. The summed E-state index contributed by atoms with van der Waals surface area (Å²) in [5.41, 5.74) is 0. The van der Waals surface area contributed by atoms with Gasteiger partial charge in [-0.25, -0.2) is 0 Å². The van der Waals surface area contributed by atoms with E-state index in [2.05, 4.69) is 20.8 Å². The number of esters is 2. The van der Waals surface area contributed by atoms with Gasteiger partial charge in [-0.2, -0.15) is 0 Å². The molecule has 0 aromatic carbocycles. The number of hydrogen-bond acceptors (Lipinski definition) is 4. The summed E-state index contributed by atoms with van der Waals surface area (Å²) < 4.78 is 10.8. The van der Waals surface area contributed by atoms with E-state index < -0.39 is 0 Å². The number of unbranched alkanes of at least 4 members (excludes halogenated alkanes) is 6. The van der Waals surface area contributed by atoms with Crippen LogP contribution in [0.2, 0.25) is 0 Å². The molecule has 0 aliphatic heterocycles. The van der Waals surface area contributed by atoms with Crippen LogP contribution in [0.4, 0.5) is 0 Å². The highest BCUT2D eigenvalue weighted by Gasteiger charge is 2.32. The molecule has 4 nitrogen and oxygen atoms in total. The third-order valence-electron chi connectivity index (χ3n) is 5.50. The van der Waals surface area contributed by atoms with E-state index in [1.54, 1.807) is 0 Å². The molecule has 0 aromatic rings. The minimum atomic E-state index is -0.126. The van der Waals surface area contributed by atoms with Crippen molar-refractivity contribution in [1.82, 2.24) is 0 Å². The summed E-state index contributed by atoms with van der Waals surface area (Å²) in [4.78, 5) is 24.4. The second-order valence-corrected chi connectivity index (χ2v) is 8.55. The molecule has 0 aromatic heterocycles. The van der Waals surface area contributed by atoms with Gasteiger partial charge in [0, 0.05) is 0 Å². The minimum Gasteiger partial charge on any atom is -0.465 e. The van der Waals surface area contributed by atoms with Crippen LogP contribution >= 0.6 is 0 Å². The Labute approximate surface area is 166 Å². The minimum absolute atomic E-state index is 0.113. The standard InChI is InChI=1S/C23H42O4/c1-4-5-16-26-22(24)20-14-12-15-21(18-20)23(25)27-17-11-9-7-6-8-10-13-19(2)3/h19-21H,4-18H2,1-3H3. The van der Waals surface area contributed by atoms with E-state index in [1.165, 1.54) is 32.1 Å². The number of ether oxygens (including phenoxy) is 2. The molecule has 4 heteroatoms. The van der Waals surface area contributed by atoms with Crippen molar-refractivity contribution < 1.29 is 19.1 Å². The predicted molar refractivity (Wildman–Crippen MR) is 109 cm³/mol. The molecule has 2 atom stereocenters. The molecular formula is C23H42O4. The van der Waals surface area contributed by atoms with Crippen LogP contribution in [0.15, 0.2) is 0 Å². The second-order valence-electron chi connectivity index (χ2n) is 8.55. The van der Waals surface area contributed by atoms with E-state index in [-0.39, 0.29) is 23.8 Å². The first-order chi connectivity index (χ1) is 13.0. The van der Waals surface area contributed by atoms with Crippen LogP contribution in [0.3, 0.4) is 0 Å². The number of carbonyl (C=O) groups is 2. The van der Waals surface area contributed by atoms with Gasteiger partial charge in [0.25, 0.3) is 0 Å². The van der Waals surface area contributed by atoms with Crippen LogP contribution < -0.4 is 0 Å². The van der Waals surface area contributed by atoms with Gasteiger partial charge in [0.05, 0.1) is 25.0 Å².